The van der Waals surface area contributed by atoms with Gasteiger partial charge in [-0.05, 0) is 55.4 Å². The van der Waals surface area contributed by atoms with Crippen molar-refractivity contribution < 1.29 is 18.0 Å². The lowest BCUT2D eigenvalue weighted by molar-refractivity contribution is -0.136. The van der Waals surface area contributed by atoms with Crippen LogP contribution in [0, 0.1) is 0 Å². The fourth-order valence-electron chi connectivity index (χ4n) is 4.04. The summed E-state index contributed by atoms with van der Waals surface area (Å²) >= 11 is 1.31. The summed E-state index contributed by atoms with van der Waals surface area (Å²) in [6.45, 7) is 0.466. The molecule has 1 atom stereocenters. The van der Waals surface area contributed by atoms with Gasteiger partial charge in [0.15, 0.2) is 15.0 Å². The molecule has 1 aromatic heterocycles. The fourth-order valence-corrected chi connectivity index (χ4v) is 5.84. The van der Waals surface area contributed by atoms with Crippen LogP contribution in [0.4, 0.5) is 5.13 Å². The number of rotatable bonds is 6. The smallest absolute Gasteiger partial charge is 0.248 e. The molecule has 0 saturated carbocycles. The van der Waals surface area contributed by atoms with Crippen LogP contribution in [0.1, 0.15) is 36.8 Å². The van der Waals surface area contributed by atoms with Crippen molar-refractivity contribution in [3.63, 3.8) is 0 Å². The third-order valence-electron chi connectivity index (χ3n) is 5.55. The second-order valence-electron chi connectivity index (χ2n) is 7.42. The second-order valence-corrected chi connectivity index (χ2v) is 10.4. The van der Waals surface area contributed by atoms with Gasteiger partial charge >= 0.3 is 0 Å². The van der Waals surface area contributed by atoms with E-state index in [0.717, 1.165) is 31.2 Å². The number of nitrogens with zero attached hydrogens (tertiary/aromatic N) is 2. The number of benzene rings is 1. The van der Waals surface area contributed by atoms with E-state index in [0.29, 0.717) is 18.1 Å². The average molecular weight is 434 g/mol. The molecule has 2 heterocycles. The number of carbonyl (C=O) groups is 2. The van der Waals surface area contributed by atoms with E-state index < -0.39 is 15.9 Å². The Labute approximate surface area is 174 Å². The number of aromatic nitrogens is 1. The summed E-state index contributed by atoms with van der Waals surface area (Å²) in [6.07, 6.45) is 5.72. The van der Waals surface area contributed by atoms with Gasteiger partial charge in [-0.15, -0.1) is 11.3 Å². The first-order valence-corrected chi connectivity index (χ1v) is 12.3. The van der Waals surface area contributed by atoms with Crippen LogP contribution >= 0.6 is 11.3 Å². The van der Waals surface area contributed by atoms with Gasteiger partial charge in [0, 0.05) is 24.5 Å². The predicted molar refractivity (Wildman–Crippen MR) is 111 cm³/mol. The number of amides is 2. The van der Waals surface area contributed by atoms with Gasteiger partial charge in [0.2, 0.25) is 11.8 Å². The molecule has 29 heavy (non-hydrogen) atoms. The Balaban J connectivity index is 1.38. The molecule has 0 spiro atoms. The molecule has 1 aliphatic carbocycles. The highest BCUT2D eigenvalue weighted by atomic mass is 32.2. The normalized spacial score (nSPS) is 18.6. The molecule has 0 bridgehead atoms. The van der Waals surface area contributed by atoms with Gasteiger partial charge in [-0.25, -0.2) is 13.4 Å². The Bertz CT molecular complexity index is 1020. The molecule has 9 heteroatoms. The van der Waals surface area contributed by atoms with Crippen LogP contribution in [0.5, 0.6) is 0 Å². The van der Waals surface area contributed by atoms with Crippen LogP contribution in [0.15, 0.2) is 34.7 Å². The van der Waals surface area contributed by atoms with Gasteiger partial charge < -0.3 is 10.2 Å². The van der Waals surface area contributed by atoms with Crippen molar-refractivity contribution in [3.05, 3.63) is 40.9 Å². The minimum atomic E-state index is -3.54. The Morgan fingerprint density at radius 2 is 2.03 bits per heavy atom. The largest absolute Gasteiger partial charge is 0.331 e. The zero-order valence-corrected chi connectivity index (χ0v) is 17.6. The molecule has 2 aliphatic rings. The zero-order valence-electron chi connectivity index (χ0n) is 16.0. The molecule has 1 aliphatic heterocycles. The third-order valence-corrected chi connectivity index (χ3v) is 7.95. The highest BCUT2D eigenvalue weighted by molar-refractivity contribution is 7.91. The van der Waals surface area contributed by atoms with E-state index in [1.54, 1.807) is 23.7 Å². The summed E-state index contributed by atoms with van der Waals surface area (Å²) in [5.74, 6) is -0.819. The average Bonchev–Trinajstić information content (AvgIpc) is 3.46. The molecule has 1 saturated heterocycles. The van der Waals surface area contributed by atoms with E-state index in [1.165, 1.54) is 21.8 Å². The van der Waals surface area contributed by atoms with Gasteiger partial charge in [-0.3, -0.25) is 9.59 Å². The SMILES string of the molecule is O=C(Nc1nccs1)C1CCCN1C(=O)CCS(=O)(=O)c1ccc2c(c1)CCC2. The van der Waals surface area contributed by atoms with E-state index in [1.807, 2.05) is 6.07 Å². The van der Waals surface area contributed by atoms with Crippen molar-refractivity contribution in [3.8, 4) is 0 Å². The van der Waals surface area contributed by atoms with Crippen LogP contribution in [0.3, 0.4) is 0 Å². The number of fused-ring (bicyclic) bond motifs is 1. The van der Waals surface area contributed by atoms with Crippen LogP contribution < -0.4 is 5.32 Å². The Morgan fingerprint density at radius 1 is 1.21 bits per heavy atom. The molecular weight excluding hydrogens is 410 g/mol. The Kier molecular flexibility index (Phi) is 5.69. The summed E-state index contributed by atoms with van der Waals surface area (Å²) < 4.78 is 25.4. The maximum atomic E-state index is 12.7. The number of likely N-dealkylation sites (tertiary alicyclic amines) is 1. The first-order valence-electron chi connectivity index (χ1n) is 9.78. The summed E-state index contributed by atoms with van der Waals surface area (Å²) in [4.78, 5) is 31.0. The summed E-state index contributed by atoms with van der Waals surface area (Å²) in [6, 6.07) is 4.71. The number of thiazole rings is 1. The second kappa shape index (κ2) is 8.23. The van der Waals surface area contributed by atoms with Crippen molar-refractivity contribution in [2.75, 3.05) is 17.6 Å². The molecule has 1 unspecified atom stereocenters. The van der Waals surface area contributed by atoms with Crippen molar-refractivity contribution >= 4 is 38.1 Å². The lowest BCUT2D eigenvalue weighted by Crippen LogP contribution is -2.43. The lowest BCUT2D eigenvalue weighted by Gasteiger charge is -2.23. The number of carbonyl (C=O) groups excluding carboxylic acids is 2. The predicted octanol–water partition coefficient (Wildman–Crippen LogP) is 2.43. The molecule has 154 valence electrons. The van der Waals surface area contributed by atoms with Crippen LogP contribution in [-0.4, -0.2) is 48.5 Å². The van der Waals surface area contributed by atoms with Gasteiger partial charge in [-0.1, -0.05) is 6.07 Å². The van der Waals surface area contributed by atoms with E-state index in [-0.39, 0.29) is 28.9 Å². The minimum Gasteiger partial charge on any atom is -0.331 e. The molecule has 1 fully saturated rings. The number of hydrogen-bond donors (Lipinski definition) is 1. The number of aryl methyl sites for hydroxylation is 2. The highest BCUT2D eigenvalue weighted by Gasteiger charge is 2.34. The molecule has 4 rings (SSSR count). The minimum absolute atomic E-state index is 0.125. The van der Waals surface area contributed by atoms with Crippen molar-refractivity contribution in [1.29, 1.82) is 0 Å². The van der Waals surface area contributed by atoms with Crippen molar-refractivity contribution in [2.24, 2.45) is 0 Å². The topological polar surface area (TPSA) is 96.4 Å². The first kappa shape index (κ1) is 20.0. The summed E-state index contributed by atoms with van der Waals surface area (Å²) in [7, 11) is -3.54. The van der Waals surface area contributed by atoms with Gasteiger partial charge in [0.25, 0.3) is 0 Å². The van der Waals surface area contributed by atoms with Crippen LogP contribution in [0.2, 0.25) is 0 Å². The number of sulfone groups is 1. The third kappa shape index (κ3) is 4.35. The van der Waals surface area contributed by atoms with Crippen LogP contribution in [0.25, 0.3) is 0 Å². The van der Waals surface area contributed by atoms with Crippen molar-refractivity contribution in [1.82, 2.24) is 9.88 Å². The molecular formula is C20H23N3O4S2. The summed E-state index contributed by atoms with van der Waals surface area (Å²) in [5, 5.41) is 4.98. The quantitative estimate of drug-likeness (QED) is 0.755. The van der Waals surface area contributed by atoms with Crippen molar-refractivity contribution in [2.45, 2.75) is 49.5 Å². The molecule has 7 nitrogen and oxygen atoms in total. The van der Waals surface area contributed by atoms with E-state index in [2.05, 4.69) is 10.3 Å². The summed E-state index contributed by atoms with van der Waals surface area (Å²) in [5.41, 5.74) is 2.31. The highest BCUT2D eigenvalue weighted by Crippen LogP contribution is 2.26. The lowest BCUT2D eigenvalue weighted by atomic mass is 10.1. The molecule has 1 N–H and O–H groups in total. The molecule has 2 amide bonds. The van der Waals surface area contributed by atoms with E-state index in [4.69, 9.17) is 0 Å². The van der Waals surface area contributed by atoms with Crippen LogP contribution in [-0.2, 0) is 32.3 Å². The monoisotopic (exact) mass is 433 g/mol. The fraction of sp³-hybridized carbons (Fsp3) is 0.450. The standard InChI is InChI=1S/C20H23N3O4S2/c24-18(23-10-2-5-17(23)19(25)22-20-21-9-11-28-20)8-12-29(26,27)16-7-6-14-3-1-4-15(14)13-16/h6-7,9,11,13,17H,1-5,8,10,12H2,(H,21,22,25). The number of hydrogen-bond acceptors (Lipinski definition) is 6. The van der Waals surface area contributed by atoms with Gasteiger partial charge in [0.1, 0.15) is 6.04 Å². The first-order chi connectivity index (χ1) is 13.9. The van der Waals surface area contributed by atoms with E-state index >= 15 is 0 Å². The van der Waals surface area contributed by atoms with Gasteiger partial charge in [-0.2, -0.15) is 0 Å². The maximum absolute atomic E-state index is 12.7. The Morgan fingerprint density at radius 3 is 2.83 bits per heavy atom. The Hall–Kier alpha value is -2.26. The van der Waals surface area contributed by atoms with Gasteiger partial charge in [0.05, 0.1) is 10.6 Å². The number of anilines is 1. The van der Waals surface area contributed by atoms with E-state index in [9.17, 15) is 18.0 Å². The number of nitrogens with one attached hydrogen (secondary N) is 1. The zero-order chi connectivity index (χ0) is 20.4. The molecule has 0 radical (unpaired) electrons. The molecule has 2 aromatic rings. The maximum Gasteiger partial charge on any atom is 0.248 e. The molecule has 1 aromatic carbocycles.